The van der Waals surface area contributed by atoms with Crippen LogP contribution >= 0.6 is 30.9 Å². The molecular weight excluding hydrogens is 467 g/mol. The number of fused-ring (bicyclic) bond motifs is 1. The van der Waals surface area contributed by atoms with Crippen LogP contribution < -0.4 is 5.32 Å². The molecule has 0 bridgehead atoms. The highest BCUT2D eigenvalue weighted by Gasteiger charge is 2.57. The second-order valence-electron chi connectivity index (χ2n) is 6.83. The third-order valence-electron chi connectivity index (χ3n) is 4.72. The molecule has 0 spiro atoms. The molecule has 162 valence electrons. The number of nitrogens with one attached hydrogen (secondary N) is 1. The van der Waals surface area contributed by atoms with E-state index in [-0.39, 0.29) is 13.2 Å². The summed E-state index contributed by atoms with van der Waals surface area (Å²) in [6.45, 7) is 0.559. The lowest BCUT2D eigenvalue weighted by Crippen LogP contribution is -2.30. The Hall–Kier alpha value is -1.93. The van der Waals surface area contributed by atoms with Crippen molar-refractivity contribution in [2.75, 3.05) is 13.2 Å². The zero-order valence-electron chi connectivity index (χ0n) is 16.1. The molecule has 1 aliphatic heterocycles. The molecule has 0 radical (unpaired) electrons. The number of carbonyl (C=O) groups is 1. The Kier molecular flexibility index (Phi) is 6.67. The van der Waals surface area contributed by atoms with Crippen LogP contribution in [0, 0.1) is 11.6 Å². The van der Waals surface area contributed by atoms with Crippen molar-refractivity contribution in [3.63, 3.8) is 0 Å². The molecule has 5 nitrogen and oxygen atoms in total. The predicted molar refractivity (Wildman–Crippen MR) is 119 cm³/mol. The number of hydrogen-bond donors (Lipinski definition) is 2. The fraction of sp³-hybridized carbons (Fsp3) is 0.190. The first-order valence-corrected chi connectivity index (χ1v) is 12.3. The normalized spacial score (nSPS) is 17.2. The van der Waals surface area contributed by atoms with E-state index in [1.54, 1.807) is 17.5 Å². The van der Waals surface area contributed by atoms with E-state index in [1.165, 1.54) is 29.7 Å². The van der Waals surface area contributed by atoms with Crippen LogP contribution in [-0.2, 0) is 13.8 Å². The summed E-state index contributed by atoms with van der Waals surface area (Å²) >= 11 is 7.56. The van der Waals surface area contributed by atoms with Crippen LogP contribution in [0.4, 0.5) is 8.78 Å². The van der Waals surface area contributed by atoms with Gasteiger partial charge >= 0.3 is 7.94 Å². The third-order valence-corrected chi connectivity index (χ3v) is 8.21. The average Bonchev–Trinajstić information content (AvgIpc) is 3.14. The van der Waals surface area contributed by atoms with Gasteiger partial charge in [-0.2, -0.15) is 13.9 Å². The standard InChI is InChI=1S/C21H17ClF2NO4PS/c22-14-3-5-19-15(11-14)16(12-31-19)20(30(27)28-8-1-9-29-30)21(26)25-7-6-13-2-4-17(23)18(24)10-13/h2-7,10-12,20,27H,1,8-9H2/p+1. The molecule has 1 amide bonds. The zero-order valence-corrected chi connectivity index (χ0v) is 18.5. The summed E-state index contributed by atoms with van der Waals surface area (Å²) in [5, 5.41) is 5.61. The Bertz CT molecular complexity index is 1150. The zero-order chi connectivity index (χ0) is 22.0. The minimum absolute atomic E-state index is 0.279. The average molecular weight is 485 g/mol. The van der Waals surface area contributed by atoms with Crippen molar-refractivity contribution >= 4 is 53.0 Å². The lowest BCUT2D eigenvalue weighted by atomic mass is 10.1. The van der Waals surface area contributed by atoms with Gasteiger partial charge in [-0.1, -0.05) is 17.7 Å². The van der Waals surface area contributed by atoms with Crippen LogP contribution in [0.1, 0.15) is 23.2 Å². The molecule has 1 aromatic heterocycles. The first-order valence-electron chi connectivity index (χ1n) is 9.36. The van der Waals surface area contributed by atoms with E-state index < -0.39 is 31.1 Å². The predicted octanol–water partition coefficient (Wildman–Crippen LogP) is 5.85. The number of hydrogen-bond acceptors (Lipinski definition) is 5. The Morgan fingerprint density at radius 2 is 1.97 bits per heavy atom. The van der Waals surface area contributed by atoms with Crippen molar-refractivity contribution in [3.8, 4) is 0 Å². The van der Waals surface area contributed by atoms with Crippen molar-refractivity contribution in [2.45, 2.75) is 12.1 Å². The molecule has 4 rings (SSSR count). The number of benzene rings is 2. The van der Waals surface area contributed by atoms with Gasteiger partial charge in [0.1, 0.15) is 0 Å². The fourth-order valence-electron chi connectivity index (χ4n) is 3.25. The molecule has 2 N–H and O–H groups in total. The number of rotatable bonds is 5. The van der Waals surface area contributed by atoms with E-state index in [2.05, 4.69) is 5.32 Å². The second kappa shape index (κ2) is 9.28. The van der Waals surface area contributed by atoms with Crippen LogP contribution in [0.3, 0.4) is 0 Å². The highest BCUT2D eigenvalue weighted by Crippen LogP contribution is 2.70. The molecule has 2 aromatic carbocycles. The summed E-state index contributed by atoms with van der Waals surface area (Å²) in [6, 6.07) is 8.71. The SMILES string of the molecule is O=C(NC=Cc1ccc(F)c(F)c1)C(c1csc2ccc(Cl)cc12)[P+]1(O)OCCCO1. The monoisotopic (exact) mass is 484 g/mol. The fourth-order valence-corrected chi connectivity index (χ4v) is 6.58. The van der Waals surface area contributed by atoms with Gasteiger partial charge in [-0.25, -0.2) is 8.78 Å². The summed E-state index contributed by atoms with van der Waals surface area (Å²) in [5.41, 5.74) is -0.184. The largest absolute Gasteiger partial charge is 0.426 e. The highest BCUT2D eigenvalue weighted by molar-refractivity contribution is 7.62. The minimum Gasteiger partial charge on any atom is -0.329 e. The van der Waals surface area contributed by atoms with E-state index in [1.807, 2.05) is 6.07 Å². The lowest BCUT2D eigenvalue weighted by molar-refractivity contribution is -0.120. The maximum atomic E-state index is 13.4. The van der Waals surface area contributed by atoms with Gasteiger partial charge in [-0.15, -0.1) is 11.3 Å². The summed E-state index contributed by atoms with van der Waals surface area (Å²) in [4.78, 5) is 24.3. The summed E-state index contributed by atoms with van der Waals surface area (Å²) in [7, 11) is -3.56. The molecule has 1 atom stereocenters. The van der Waals surface area contributed by atoms with Crippen LogP contribution in [-0.4, -0.2) is 24.0 Å². The number of halogens is 3. The molecule has 3 aromatic rings. The Labute approximate surface area is 186 Å². The Morgan fingerprint density at radius 3 is 2.71 bits per heavy atom. The summed E-state index contributed by atoms with van der Waals surface area (Å²) < 4.78 is 38.5. The quantitative estimate of drug-likeness (QED) is 0.446. The number of thiophene rings is 1. The maximum Gasteiger partial charge on any atom is 0.426 e. The molecule has 1 fully saturated rings. The summed E-state index contributed by atoms with van der Waals surface area (Å²) in [6.07, 6.45) is 3.34. The molecule has 1 saturated heterocycles. The molecule has 0 saturated carbocycles. The first kappa shape index (κ1) is 22.3. The van der Waals surface area contributed by atoms with Crippen LogP contribution in [0.2, 0.25) is 5.02 Å². The number of carbonyl (C=O) groups excluding carboxylic acids is 1. The van der Waals surface area contributed by atoms with Gasteiger partial charge in [0, 0.05) is 33.3 Å². The van der Waals surface area contributed by atoms with Gasteiger partial charge in [-0.3, -0.25) is 4.79 Å². The van der Waals surface area contributed by atoms with Gasteiger partial charge in [0.15, 0.2) is 11.6 Å². The van der Waals surface area contributed by atoms with Gasteiger partial charge in [0.2, 0.25) is 0 Å². The van der Waals surface area contributed by atoms with E-state index in [0.29, 0.717) is 22.6 Å². The molecule has 31 heavy (non-hydrogen) atoms. The smallest absolute Gasteiger partial charge is 0.329 e. The van der Waals surface area contributed by atoms with Gasteiger partial charge in [0.05, 0.1) is 13.2 Å². The van der Waals surface area contributed by atoms with Gasteiger partial charge < -0.3 is 5.32 Å². The molecule has 2 heterocycles. The highest BCUT2D eigenvalue weighted by atomic mass is 35.5. The number of amides is 1. The van der Waals surface area contributed by atoms with Crippen LogP contribution in [0.25, 0.3) is 16.2 Å². The van der Waals surface area contributed by atoms with Crippen molar-refractivity contribution in [2.24, 2.45) is 0 Å². The molecule has 0 aliphatic carbocycles. The van der Waals surface area contributed by atoms with Crippen molar-refractivity contribution in [1.82, 2.24) is 5.32 Å². The van der Waals surface area contributed by atoms with E-state index in [4.69, 9.17) is 20.6 Å². The molecular formula is C21H18ClF2NO4PS+. The minimum atomic E-state index is -3.56. The summed E-state index contributed by atoms with van der Waals surface area (Å²) in [5.74, 6) is -2.49. The molecule has 1 aliphatic rings. The van der Waals surface area contributed by atoms with Crippen molar-refractivity contribution in [3.05, 3.63) is 75.8 Å². The molecule has 1 unspecified atom stereocenters. The Balaban J connectivity index is 1.65. The van der Waals surface area contributed by atoms with Crippen molar-refractivity contribution < 1.29 is 27.5 Å². The van der Waals surface area contributed by atoms with Gasteiger partial charge in [-0.05, 0) is 47.4 Å². The maximum absolute atomic E-state index is 13.4. The van der Waals surface area contributed by atoms with E-state index >= 15 is 0 Å². The first-order chi connectivity index (χ1) is 14.9. The third kappa shape index (κ3) is 4.80. The van der Waals surface area contributed by atoms with E-state index in [0.717, 1.165) is 22.2 Å². The second-order valence-corrected chi connectivity index (χ2v) is 10.3. The van der Waals surface area contributed by atoms with Crippen LogP contribution in [0.15, 0.2) is 48.0 Å². The van der Waals surface area contributed by atoms with Crippen LogP contribution in [0.5, 0.6) is 0 Å². The lowest BCUT2D eigenvalue weighted by Gasteiger charge is -2.27. The van der Waals surface area contributed by atoms with Crippen molar-refractivity contribution in [1.29, 1.82) is 0 Å². The van der Waals surface area contributed by atoms with Gasteiger partial charge in [0.25, 0.3) is 11.6 Å². The molecule has 10 heteroatoms. The Morgan fingerprint density at radius 1 is 1.19 bits per heavy atom. The topological polar surface area (TPSA) is 67.8 Å². The van der Waals surface area contributed by atoms with E-state index in [9.17, 15) is 18.5 Å².